The van der Waals surface area contributed by atoms with E-state index in [1.807, 2.05) is 13.0 Å². The Balaban J connectivity index is 1.49. The molecule has 0 radical (unpaired) electrons. The van der Waals surface area contributed by atoms with Crippen LogP contribution in [0.2, 0.25) is 5.02 Å². The number of nitrogens with one attached hydrogen (secondary N) is 1. The van der Waals surface area contributed by atoms with Crippen molar-refractivity contribution in [2.45, 2.75) is 13.5 Å². The summed E-state index contributed by atoms with van der Waals surface area (Å²) in [5, 5.41) is 7.16. The highest BCUT2D eigenvalue weighted by Gasteiger charge is 2.09. The van der Waals surface area contributed by atoms with Gasteiger partial charge in [-0.15, -0.1) is 0 Å². The zero-order valence-corrected chi connectivity index (χ0v) is 14.7. The third-order valence-corrected chi connectivity index (χ3v) is 4.03. The summed E-state index contributed by atoms with van der Waals surface area (Å²) < 4.78 is 23.5. The van der Waals surface area contributed by atoms with Gasteiger partial charge < -0.3 is 14.6 Å². The summed E-state index contributed by atoms with van der Waals surface area (Å²) in [5.41, 5.74) is 2.78. The molecular formula is C19H16ClFN2O3. The SMILES string of the molecule is Cc1ccc(NC(=O)COCc2cc(-c3ccc(F)cc3)on2)cc1Cl. The van der Waals surface area contributed by atoms with Crippen LogP contribution in [0.25, 0.3) is 11.3 Å². The summed E-state index contributed by atoms with van der Waals surface area (Å²) >= 11 is 6.02. The Hall–Kier alpha value is -2.70. The summed E-state index contributed by atoms with van der Waals surface area (Å²) in [5.74, 6) is -0.118. The first kappa shape index (κ1) is 18.1. The van der Waals surface area contributed by atoms with Gasteiger partial charge in [0.25, 0.3) is 0 Å². The van der Waals surface area contributed by atoms with Gasteiger partial charge in [0.2, 0.25) is 5.91 Å². The Bertz CT molecular complexity index is 909. The first-order valence-corrected chi connectivity index (χ1v) is 8.24. The molecule has 0 saturated carbocycles. The van der Waals surface area contributed by atoms with Crippen LogP contribution in [0.4, 0.5) is 10.1 Å². The molecule has 0 spiro atoms. The minimum Gasteiger partial charge on any atom is -0.365 e. The number of rotatable bonds is 6. The van der Waals surface area contributed by atoms with Crippen LogP contribution >= 0.6 is 11.6 Å². The minimum absolute atomic E-state index is 0.118. The Labute approximate surface area is 154 Å². The molecule has 0 aliphatic carbocycles. The summed E-state index contributed by atoms with van der Waals surface area (Å²) in [7, 11) is 0. The Morgan fingerprint density at radius 2 is 2.00 bits per heavy atom. The molecule has 7 heteroatoms. The van der Waals surface area contributed by atoms with Gasteiger partial charge in [-0.05, 0) is 48.9 Å². The first-order chi connectivity index (χ1) is 12.5. The van der Waals surface area contributed by atoms with Crippen LogP contribution in [0.15, 0.2) is 53.1 Å². The quantitative estimate of drug-likeness (QED) is 0.685. The van der Waals surface area contributed by atoms with Crippen molar-refractivity contribution in [2.24, 2.45) is 0 Å². The zero-order valence-electron chi connectivity index (χ0n) is 14.0. The number of halogens is 2. The molecule has 2 aromatic carbocycles. The van der Waals surface area contributed by atoms with Crippen LogP contribution < -0.4 is 5.32 Å². The van der Waals surface area contributed by atoms with E-state index in [9.17, 15) is 9.18 Å². The lowest BCUT2D eigenvalue weighted by Crippen LogP contribution is -2.18. The summed E-state index contributed by atoms with van der Waals surface area (Å²) in [6, 6.07) is 12.8. The molecule has 1 heterocycles. The number of nitrogens with zero attached hydrogens (tertiary/aromatic N) is 1. The van der Waals surface area contributed by atoms with Crippen LogP contribution in [0.3, 0.4) is 0 Å². The van der Waals surface area contributed by atoms with Crippen molar-refractivity contribution >= 4 is 23.2 Å². The molecule has 134 valence electrons. The summed E-state index contributed by atoms with van der Waals surface area (Å²) in [6.07, 6.45) is 0. The van der Waals surface area contributed by atoms with Crippen LogP contribution in [0.5, 0.6) is 0 Å². The predicted molar refractivity (Wildman–Crippen MR) is 96.4 cm³/mol. The first-order valence-electron chi connectivity index (χ1n) is 7.86. The van der Waals surface area contributed by atoms with E-state index in [0.717, 1.165) is 5.56 Å². The largest absolute Gasteiger partial charge is 0.365 e. The van der Waals surface area contributed by atoms with E-state index in [1.165, 1.54) is 12.1 Å². The molecule has 0 fully saturated rings. The van der Waals surface area contributed by atoms with Gasteiger partial charge in [-0.3, -0.25) is 4.79 Å². The number of aryl methyl sites for hydroxylation is 1. The average molecular weight is 375 g/mol. The molecule has 1 aromatic heterocycles. The molecule has 1 N–H and O–H groups in total. The zero-order chi connectivity index (χ0) is 18.5. The van der Waals surface area contributed by atoms with Crippen molar-refractivity contribution in [3.8, 4) is 11.3 Å². The van der Waals surface area contributed by atoms with Gasteiger partial charge in [0.1, 0.15) is 18.1 Å². The number of ether oxygens (including phenoxy) is 1. The van der Waals surface area contributed by atoms with Gasteiger partial charge >= 0.3 is 0 Å². The third-order valence-electron chi connectivity index (χ3n) is 3.63. The molecular weight excluding hydrogens is 359 g/mol. The van der Waals surface area contributed by atoms with Gasteiger partial charge in [0, 0.05) is 22.3 Å². The smallest absolute Gasteiger partial charge is 0.250 e. The van der Waals surface area contributed by atoms with Crippen molar-refractivity contribution in [1.82, 2.24) is 5.16 Å². The van der Waals surface area contributed by atoms with E-state index in [4.69, 9.17) is 20.9 Å². The number of hydrogen-bond acceptors (Lipinski definition) is 4. The van der Waals surface area contributed by atoms with Crippen molar-refractivity contribution in [3.05, 3.63) is 70.6 Å². The number of amides is 1. The minimum atomic E-state index is -0.322. The number of benzene rings is 2. The van der Waals surface area contributed by atoms with Gasteiger partial charge in [0.05, 0.1) is 6.61 Å². The predicted octanol–water partition coefficient (Wildman–Crippen LogP) is 4.60. The molecule has 5 nitrogen and oxygen atoms in total. The second kappa shape index (κ2) is 8.12. The van der Waals surface area contributed by atoms with E-state index in [0.29, 0.717) is 27.7 Å². The monoisotopic (exact) mass is 374 g/mol. The molecule has 0 aliphatic rings. The number of aromatic nitrogens is 1. The summed E-state index contributed by atoms with van der Waals surface area (Å²) in [4.78, 5) is 11.9. The fraction of sp³-hybridized carbons (Fsp3) is 0.158. The number of hydrogen-bond donors (Lipinski definition) is 1. The molecule has 0 saturated heterocycles. The van der Waals surface area contributed by atoms with Crippen LogP contribution in [-0.2, 0) is 16.1 Å². The van der Waals surface area contributed by atoms with Crippen molar-refractivity contribution < 1.29 is 18.4 Å². The van der Waals surface area contributed by atoms with Crippen molar-refractivity contribution in [1.29, 1.82) is 0 Å². The molecule has 0 aliphatic heterocycles. The second-order valence-corrected chi connectivity index (χ2v) is 6.10. The lowest BCUT2D eigenvalue weighted by molar-refractivity contribution is -0.121. The lowest BCUT2D eigenvalue weighted by Gasteiger charge is -2.07. The normalized spacial score (nSPS) is 10.7. The maximum Gasteiger partial charge on any atom is 0.250 e. The molecule has 3 rings (SSSR count). The van der Waals surface area contributed by atoms with Gasteiger partial charge in [-0.2, -0.15) is 0 Å². The molecule has 0 bridgehead atoms. The van der Waals surface area contributed by atoms with E-state index in [1.54, 1.807) is 30.3 Å². The van der Waals surface area contributed by atoms with E-state index < -0.39 is 0 Å². The van der Waals surface area contributed by atoms with Gasteiger partial charge in [-0.1, -0.05) is 22.8 Å². The average Bonchev–Trinajstić information content (AvgIpc) is 3.08. The highest BCUT2D eigenvalue weighted by molar-refractivity contribution is 6.31. The van der Waals surface area contributed by atoms with Crippen LogP contribution in [0, 0.1) is 12.7 Å². The standard InChI is InChI=1S/C19H16ClFN2O3/c1-12-2-7-15(8-17(12)20)22-19(24)11-25-10-16-9-18(26-23-16)13-3-5-14(21)6-4-13/h2-9H,10-11H2,1H3,(H,22,24). The van der Waals surface area contributed by atoms with Crippen molar-refractivity contribution in [3.63, 3.8) is 0 Å². The Morgan fingerprint density at radius 3 is 2.73 bits per heavy atom. The fourth-order valence-corrected chi connectivity index (χ4v) is 2.43. The van der Waals surface area contributed by atoms with Gasteiger partial charge in [-0.25, -0.2) is 4.39 Å². The molecule has 26 heavy (non-hydrogen) atoms. The third kappa shape index (κ3) is 4.68. The number of carbonyl (C=O) groups excluding carboxylic acids is 1. The maximum absolute atomic E-state index is 12.9. The molecule has 1 amide bonds. The van der Waals surface area contributed by atoms with Crippen LogP contribution in [0.1, 0.15) is 11.3 Å². The lowest BCUT2D eigenvalue weighted by atomic mass is 10.1. The molecule has 0 unspecified atom stereocenters. The Kier molecular flexibility index (Phi) is 5.65. The topological polar surface area (TPSA) is 64.4 Å². The van der Waals surface area contributed by atoms with Gasteiger partial charge in [0.15, 0.2) is 5.76 Å². The number of carbonyl (C=O) groups is 1. The highest BCUT2D eigenvalue weighted by Crippen LogP contribution is 2.21. The van der Waals surface area contributed by atoms with Crippen LogP contribution in [-0.4, -0.2) is 17.7 Å². The summed E-state index contributed by atoms with van der Waals surface area (Å²) in [6.45, 7) is 1.87. The van der Waals surface area contributed by atoms with E-state index in [2.05, 4.69) is 10.5 Å². The van der Waals surface area contributed by atoms with Crippen molar-refractivity contribution in [2.75, 3.05) is 11.9 Å². The second-order valence-electron chi connectivity index (χ2n) is 5.69. The number of anilines is 1. The fourth-order valence-electron chi connectivity index (χ4n) is 2.25. The van der Waals surface area contributed by atoms with E-state index in [-0.39, 0.29) is 24.9 Å². The maximum atomic E-state index is 12.9. The highest BCUT2D eigenvalue weighted by atomic mass is 35.5. The molecule has 0 atom stereocenters. The Morgan fingerprint density at radius 1 is 1.23 bits per heavy atom. The molecule has 3 aromatic rings. The van der Waals surface area contributed by atoms with E-state index >= 15 is 0 Å².